The largest absolute Gasteiger partial charge is 0.342 e. The van der Waals surface area contributed by atoms with Crippen LogP contribution in [-0.2, 0) is 9.59 Å². The fraction of sp³-hybridized carbons (Fsp3) is 0.571. The molecule has 5 rings (SSSR count). The molecule has 9 nitrogen and oxygen atoms in total. The third-order valence-electron chi connectivity index (χ3n) is 6.76. The van der Waals surface area contributed by atoms with E-state index in [-0.39, 0.29) is 29.6 Å². The highest BCUT2D eigenvalue weighted by atomic mass is 16.2. The van der Waals surface area contributed by atoms with E-state index < -0.39 is 5.92 Å². The van der Waals surface area contributed by atoms with Gasteiger partial charge < -0.3 is 10.2 Å². The van der Waals surface area contributed by atoms with Crippen LogP contribution in [0.15, 0.2) is 29.5 Å². The fourth-order valence-electron chi connectivity index (χ4n) is 5.07. The number of nitrogens with one attached hydrogen (secondary N) is 2. The van der Waals surface area contributed by atoms with Crippen molar-refractivity contribution >= 4 is 22.8 Å². The van der Waals surface area contributed by atoms with Gasteiger partial charge in [0.05, 0.1) is 11.6 Å². The van der Waals surface area contributed by atoms with Crippen molar-refractivity contribution in [2.45, 2.75) is 44.3 Å². The summed E-state index contributed by atoms with van der Waals surface area (Å²) in [6.45, 7) is 1.99. The molecule has 158 valence electrons. The molecular formula is C21H26N6O3. The monoisotopic (exact) mass is 410 g/mol. The Morgan fingerprint density at radius 1 is 1.13 bits per heavy atom. The van der Waals surface area contributed by atoms with Crippen molar-refractivity contribution < 1.29 is 9.59 Å². The van der Waals surface area contributed by atoms with Gasteiger partial charge in [-0.3, -0.25) is 24.3 Å². The smallest absolute Gasteiger partial charge is 0.263 e. The second kappa shape index (κ2) is 7.79. The predicted octanol–water partition coefficient (Wildman–Crippen LogP) is 0.417. The zero-order valence-corrected chi connectivity index (χ0v) is 16.8. The number of nitrogens with zero attached hydrogens (tertiary/aromatic N) is 4. The molecule has 0 spiro atoms. The lowest BCUT2D eigenvalue weighted by atomic mass is 9.81. The van der Waals surface area contributed by atoms with Gasteiger partial charge in [-0.2, -0.15) is 0 Å². The second-order valence-electron chi connectivity index (χ2n) is 8.52. The molecule has 2 aromatic rings. The highest BCUT2D eigenvalue weighted by molar-refractivity contribution is 6.01. The Bertz CT molecular complexity index is 1030. The van der Waals surface area contributed by atoms with Crippen molar-refractivity contribution in [3.8, 4) is 0 Å². The maximum absolute atomic E-state index is 13.1. The van der Waals surface area contributed by atoms with E-state index in [1.807, 2.05) is 0 Å². The molecule has 9 heteroatoms. The van der Waals surface area contributed by atoms with Crippen LogP contribution in [0.3, 0.4) is 0 Å². The first kappa shape index (κ1) is 19.2. The number of aromatic nitrogens is 3. The second-order valence-corrected chi connectivity index (χ2v) is 8.52. The van der Waals surface area contributed by atoms with E-state index in [9.17, 15) is 14.4 Å². The third kappa shape index (κ3) is 3.36. The molecule has 3 unspecified atom stereocenters. The van der Waals surface area contributed by atoms with Gasteiger partial charge in [0.2, 0.25) is 11.8 Å². The average Bonchev–Trinajstić information content (AvgIpc) is 2.79. The summed E-state index contributed by atoms with van der Waals surface area (Å²) in [6.07, 6.45) is 7.25. The van der Waals surface area contributed by atoms with Crippen molar-refractivity contribution in [1.29, 1.82) is 0 Å². The number of piperidine rings is 3. The number of hydrogen-bond donors (Lipinski definition) is 2. The molecule has 3 aliphatic rings. The van der Waals surface area contributed by atoms with Gasteiger partial charge in [-0.25, -0.2) is 9.97 Å². The molecular weight excluding hydrogens is 384 g/mol. The summed E-state index contributed by atoms with van der Waals surface area (Å²) in [5.74, 6) is -0.527. The molecule has 2 amide bonds. The molecule has 5 heterocycles. The number of carbonyl (C=O) groups is 2. The fourth-order valence-corrected chi connectivity index (χ4v) is 5.07. The highest BCUT2D eigenvalue weighted by Gasteiger charge is 2.42. The summed E-state index contributed by atoms with van der Waals surface area (Å²) in [5.41, 5.74) is 0.352. The standard InChI is InChI=1S/C21H26N6O3/c28-19-16(11-13-3-1-7-22-17(13)25-19)20(29)26-9-5-14(6-10-26)27-12-24-18-15(21(27)30)4-2-8-23-18/h2,4,8,12-14,16-17,22H,1,3,5-7,9-11H2,(H,25,28). The van der Waals surface area contributed by atoms with E-state index in [1.54, 1.807) is 34.1 Å². The van der Waals surface area contributed by atoms with Gasteiger partial charge in [-0.15, -0.1) is 0 Å². The number of fused-ring (bicyclic) bond motifs is 2. The molecule has 0 aromatic carbocycles. The molecule has 0 saturated carbocycles. The maximum atomic E-state index is 13.1. The van der Waals surface area contributed by atoms with Crippen molar-refractivity contribution in [1.82, 2.24) is 30.1 Å². The van der Waals surface area contributed by atoms with E-state index in [0.717, 1.165) is 19.4 Å². The zero-order chi connectivity index (χ0) is 20.7. The van der Waals surface area contributed by atoms with Crippen LogP contribution in [0.2, 0.25) is 0 Å². The van der Waals surface area contributed by atoms with Gasteiger partial charge in [0.15, 0.2) is 5.65 Å². The van der Waals surface area contributed by atoms with Gasteiger partial charge in [0.1, 0.15) is 12.2 Å². The Hall–Kier alpha value is -2.81. The average molecular weight is 410 g/mol. The zero-order valence-electron chi connectivity index (χ0n) is 16.8. The Morgan fingerprint density at radius 3 is 2.80 bits per heavy atom. The van der Waals surface area contributed by atoms with Crippen LogP contribution >= 0.6 is 0 Å². The molecule has 2 aromatic heterocycles. The molecule has 30 heavy (non-hydrogen) atoms. The summed E-state index contributed by atoms with van der Waals surface area (Å²) in [6, 6.07) is 3.46. The van der Waals surface area contributed by atoms with Gasteiger partial charge in [0, 0.05) is 25.3 Å². The Morgan fingerprint density at radius 2 is 1.97 bits per heavy atom. The molecule has 3 fully saturated rings. The molecule has 3 aliphatic heterocycles. The number of likely N-dealkylation sites (tertiary alicyclic amines) is 1. The normalized spacial score (nSPS) is 27.5. The van der Waals surface area contributed by atoms with Crippen molar-refractivity contribution in [2.24, 2.45) is 11.8 Å². The lowest BCUT2D eigenvalue weighted by Gasteiger charge is -2.41. The van der Waals surface area contributed by atoms with Crippen LogP contribution in [0.5, 0.6) is 0 Å². The SMILES string of the molecule is O=C1NC2NCCCC2CC1C(=O)N1CCC(n2cnc3ncccc3c2=O)CC1. The summed E-state index contributed by atoms with van der Waals surface area (Å²) in [7, 11) is 0. The molecule has 0 radical (unpaired) electrons. The number of hydrogen-bond acceptors (Lipinski definition) is 6. The lowest BCUT2D eigenvalue weighted by molar-refractivity contribution is -0.147. The number of pyridine rings is 1. The minimum absolute atomic E-state index is 0.00260. The first-order chi connectivity index (χ1) is 14.6. The van der Waals surface area contributed by atoms with Gasteiger partial charge >= 0.3 is 0 Å². The topological polar surface area (TPSA) is 109 Å². The molecule has 2 N–H and O–H groups in total. The van der Waals surface area contributed by atoms with Crippen molar-refractivity contribution in [3.63, 3.8) is 0 Å². The van der Waals surface area contributed by atoms with E-state index in [2.05, 4.69) is 20.6 Å². The van der Waals surface area contributed by atoms with Crippen LogP contribution in [-0.4, -0.2) is 57.0 Å². The Labute approximate surface area is 173 Å². The van der Waals surface area contributed by atoms with Gasteiger partial charge in [-0.05, 0) is 56.7 Å². The van der Waals surface area contributed by atoms with E-state index in [4.69, 9.17) is 0 Å². The summed E-state index contributed by atoms with van der Waals surface area (Å²) in [5, 5.41) is 6.83. The molecule has 3 atom stereocenters. The van der Waals surface area contributed by atoms with Gasteiger partial charge in [0.25, 0.3) is 5.56 Å². The minimum atomic E-state index is -0.598. The van der Waals surface area contributed by atoms with Crippen LogP contribution in [0.4, 0.5) is 0 Å². The summed E-state index contributed by atoms with van der Waals surface area (Å²) in [4.78, 5) is 48.6. The van der Waals surface area contributed by atoms with Crippen LogP contribution in [0.25, 0.3) is 11.0 Å². The minimum Gasteiger partial charge on any atom is -0.342 e. The first-order valence-electron chi connectivity index (χ1n) is 10.8. The summed E-state index contributed by atoms with van der Waals surface area (Å²) >= 11 is 0. The van der Waals surface area contributed by atoms with Crippen LogP contribution in [0.1, 0.15) is 38.1 Å². The number of rotatable bonds is 2. The number of carbonyl (C=O) groups excluding carboxylic acids is 2. The van der Waals surface area contributed by atoms with E-state index >= 15 is 0 Å². The lowest BCUT2D eigenvalue weighted by Crippen LogP contribution is -2.61. The number of amides is 2. The Balaban J connectivity index is 1.26. The summed E-state index contributed by atoms with van der Waals surface area (Å²) < 4.78 is 1.66. The maximum Gasteiger partial charge on any atom is 0.263 e. The van der Waals surface area contributed by atoms with Gasteiger partial charge in [-0.1, -0.05) is 0 Å². The van der Waals surface area contributed by atoms with E-state index in [1.165, 1.54) is 0 Å². The predicted molar refractivity (Wildman–Crippen MR) is 109 cm³/mol. The van der Waals surface area contributed by atoms with Crippen molar-refractivity contribution in [2.75, 3.05) is 19.6 Å². The Kier molecular flexibility index (Phi) is 4.98. The highest BCUT2D eigenvalue weighted by Crippen LogP contribution is 2.30. The van der Waals surface area contributed by atoms with Crippen LogP contribution in [0, 0.1) is 11.8 Å². The quantitative estimate of drug-likeness (QED) is 0.695. The third-order valence-corrected chi connectivity index (χ3v) is 6.76. The first-order valence-corrected chi connectivity index (χ1v) is 10.8. The molecule has 0 aliphatic carbocycles. The van der Waals surface area contributed by atoms with E-state index in [0.29, 0.717) is 49.3 Å². The molecule has 3 saturated heterocycles. The van der Waals surface area contributed by atoms with Crippen LogP contribution < -0.4 is 16.2 Å². The van der Waals surface area contributed by atoms with Crippen molar-refractivity contribution in [3.05, 3.63) is 35.0 Å². The molecule has 0 bridgehead atoms.